The van der Waals surface area contributed by atoms with E-state index in [9.17, 15) is 8.78 Å². The van der Waals surface area contributed by atoms with Crippen molar-refractivity contribution < 1.29 is 13.5 Å². The van der Waals surface area contributed by atoms with Crippen LogP contribution >= 0.6 is 0 Å². The van der Waals surface area contributed by atoms with E-state index in [1.54, 1.807) is 6.20 Å². The average Bonchev–Trinajstić information content (AvgIpc) is 2.86. The van der Waals surface area contributed by atoms with Crippen LogP contribution in [0.4, 0.5) is 14.5 Å². The van der Waals surface area contributed by atoms with Crippen LogP contribution in [0.3, 0.4) is 0 Å². The second-order valence-corrected chi connectivity index (χ2v) is 4.52. The number of anilines is 1. The molecule has 106 valence electrons. The van der Waals surface area contributed by atoms with Crippen LogP contribution in [0.25, 0.3) is 0 Å². The Balaban J connectivity index is 1.64. The van der Waals surface area contributed by atoms with Gasteiger partial charge in [-0.2, -0.15) is 0 Å². The normalized spacial score (nSPS) is 14.1. The first-order valence-corrected chi connectivity index (χ1v) is 6.39. The number of imidazole rings is 1. The lowest BCUT2D eigenvalue weighted by atomic mass is 10.3. The van der Waals surface area contributed by atoms with Crippen LogP contribution in [0.15, 0.2) is 18.6 Å². The van der Waals surface area contributed by atoms with Crippen LogP contribution in [-0.2, 0) is 24.3 Å². The molecule has 0 unspecified atom stereocenters. The summed E-state index contributed by atoms with van der Waals surface area (Å²) in [6.07, 6.45) is 4.39. The minimum atomic E-state index is -0.686. The number of ether oxygens (including phenoxy) is 1. The maximum Gasteiger partial charge on any atom is 0.167 e. The molecule has 3 heterocycles. The zero-order valence-electron chi connectivity index (χ0n) is 10.8. The molecule has 0 saturated carbocycles. The van der Waals surface area contributed by atoms with Crippen molar-refractivity contribution >= 4 is 5.69 Å². The van der Waals surface area contributed by atoms with Gasteiger partial charge in [-0.05, 0) is 0 Å². The van der Waals surface area contributed by atoms with Gasteiger partial charge in [-0.25, -0.2) is 13.8 Å². The van der Waals surface area contributed by atoms with E-state index in [0.29, 0.717) is 26.2 Å². The van der Waals surface area contributed by atoms with E-state index >= 15 is 0 Å². The van der Waals surface area contributed by atoms with E-state index in [2.05, 4.69) is 19.9 Å². The van der Waals surface area contributed by atoms with Crippen molar-refractivity contribution in [3.63, 3.8) is 0 Å². The summed E-state index contributed by atoms with van der Waals surface area (Å²) in [6, 6.07) is 0. The van der Waals surface area contributed by atoms with E-state index in [1.807, 2.05) is 0 Å². The minimum Gasteiger partial charge on any atom is -0.380 e. The fraction of sp³-hybridized carbons (Fsp3) is 0.385. The predicted octanol–water partition coefficient (Wildman–Crippen LogP) is 1.74. The van der Waals surface area contributed by atoms with Crippen molar-refractivity contribution in [2.45, 2.75) is 19.6 Å². The smallest absolute Gasteiger partial charge is 0.167 e. The monoisotopic (exact) mass is 280 g/mol. The van der Waals surface area contributed by atoms with Crippen LogP contribution in [-0.4, -0.2) is 27.7 Å². The molecule has 0 fully saturated rings. The summed E-state index contributed by atoms with van der Waals surface area (Å²) in [5, 5.41) is 2.76. The van der Waals surface area contributed by atoms with E-state index in [1.165, 1.54) is 0 Å². The van der Waals surface area contributed by atoms with E-state index in [0.717, 1.165) is 30.5 Å². The van der Waals surface area contributed by atoms with Gasteiger partial charge in [-0.15, -0.1) is 0 Å². The van der Waals surface area contributed by atoms with E-state index in [4.69, 9.17) is 4.74 Å². The largest absolute Gasteiger partial charge is 0.380 e. The molecule has 1 aliphatic rings. The van der Waals surface area contributed by atoms with Crippen molar-refractivity contribution in [2.24, 2.45) is 0 Å². The Morgan fingerprint density at radius 3 is 2.85 bits per heavy atom. The average molecular weight is 280 g/mol. The Kier molecular flexibility index (Phi) is 3.60. The maximum absolute atomic E-state index is 13.4. The van der Waals surface area contributed by atoms with Gasteiger partial charge in [0, 0.05) is 31.4 Å². The summed E-state index contributed by atoms with van der Waals surface area (Å²) in [5.74, 6) is -0.477. The zero-order valence-corrected chi connectivity index (χ0v) is 10.8. The lowest BCUT2D eigenvalue weighted by molar-refractivity contribution is 0.0807. The van der Waals surface area contributed by atoms with Gasteiger partial charge in [0.25, 0.3) is 0 Å². The van der Waals surface area contributed by atoms with Gasteiger partial charge >= 0.3 is 0 Å². The SMILES string of the molecule is Fc1cncc(F)c1NCCc1cnc2n1CCOC2. The van der Waals surface area contributed by atoms with Gasteiger partial charge in [-0.3, -0.25) is 4.98 Å². The zero-order chi connectivity index (χ0) is 13.9. The number of halogens is 2. The highest BCUT2D eigenvalue weighted by Gasteiger charge is 2.14. The topological polar surface area (TPSA) is 52.0 Å². The molecule has 0 aromatic carbocycles. The third-order valence-electron chi connectivity index (χ3n) is 3.25. The van der Waals surface area contributed by atoms with Gasteiger partial charge in [0.05, 0.1) is 19.0 Å². The van der Waals surface area contributed by atoms with Crippen LogP contribution < -0.4 is 5.32 Å². The van der Waals surface area contributed by atoms with E-state index < -0.39 is 11.6 Å². The van der Waals surface area contributed by atoms with Gasteiger partial charge < -0.3 is 14.6 Å². The third-order valence-corrected chi connectivity index (χ3v) is 3.25. The summed E-state index contributed by atoms with van der Waals surface area (Å²) < 4.78 is 34.2. The second-order valence-electron chi connectivity index (χ2n) is 4.52. The first-order chi connectivity index (χ1) is 9.75. The molecule has 2 aromatic heterocycles. The maximum atomic E-state index is 13.4. The molecule has 3 rings (SSSR count). The van der Waals surface area contributed by atoms with Gasteiger partial charge in [0.1, 0.15) is 18.1 Å². The summed E-state index contributed by atoms with van der Waals surface area (Å²) >= 11 is 0. The lowest BCUT2D eigenvalue weighted by Gasteiger charge is -2.17. The molecule has 20 heavy (non-hydrogen) atoms. The Morgan fingerprint density at radius 2 is 2.05 bits per heavy atom. The summed E-state index contributed by atoms with van der Waals surface area (Å²) in [4.78, 5) is 7.71. The molecule has 0 atom stereocenters. The summed E-state index contributed by atoms with van der Waals surface area (Å²) in [6.45, 7) is 2.37. The first kappa shape index (κ1) is 13.0. The van der Waals surface area contributed by atoms with Crippen LogP contribution in [0.2, 0.25) is 0 Å². The fourth-order valence-corrected chi connectivity index (χ4v) is 2.26. The Morgan fingerprint density at radius 1 is 1.25 bits per heavy atom. The highest BCUT2D eigenvalue weighted by molar-refractivity contribution is 5.44. The molecule has 0 radical (unpaired) electrons. The first-order valence-electron chi connectivity index (χ1n) is 6.39. The van der Waals surface area contributed by atoms with Crippen LogP contribution in [0.1, 0.15) is 11.5 Å². The number of nitrogens with one attached hydrogen (secondary N) is 1. The fourth-order valence-electron chi connectivity index (χ4n) is 2.26. The Hall–Kier alpha value is -2.02. The molecule has 2 aromatic rings. The molecule has 0 saturated heterocycles. The number of aromatic nitrogens is 3. The van der Waals surface area contributed by atoms with Crippen molar-refractivity contribution in [2.75, 3.05) is 18.5 Å². The van der Waals surface area contributed by atoms with Crippen molar-refractivity contribution in [3.8, 4) is 0 Å². The number of hydrogen-bond acceptors (Lipinski definition) is 4. The van der Waals surface area contributed by atoms with Crippen LogP contribution in [0, 0.1) is 11.6 Å². The number of fused-ring (bicyclic) bond motifs is 1. The molecule has 5 nitrogen and oxygen atoms in total. The quantitative estimate of drug-likeness (QED) is 0.927. The molecule has 7 heteroatoms. The molecule has 0 amide bonds. The van der Waals surface area contributed by atoms with Crippen molar-refractivity contribution in [1.82, 2.24) is 14.5 Å². The number of pyridine rings is 1. The molecule has 0 bridgehead atoms. The molecule has 1 aliphatic heterocycles. The summed E-state index contributed by atoms with van der Waals surface area (Å²) in [5.41, 5.74) is 0.896. The summed E-state index contributed by atoms with van der Waals surface area (Å²) in [7, 11) is 0. The number of nitrogens with zero attached hydrogens (tertiary/aromatic N) is 3. The number of hydrogen-bond donors (Lipinski definition) is 1. The lowest BCUT2D eigenvalue weighted by Crippen LogP contribution is -2.20. The molecular formula is C13H14F2N4O. The highest BCUT2D eigenvalue weighted by atomic mass is 19.1. The standard InChI is InChI=1S/C13H14F2N4O/c14-10-6-16-7-11(15)13(10)17-2-1-9-5-18-12-8-20-4-3-19(9)12/h5-7H,1-4,8H2,(H,16,17). The number of rotatable bonds is 4. The second kappa shape index (κ2) is 5.54. The Labute approximate surface area is 114 Å². The van der Waals surface area contributed by atoms with Gasteiger partial charge in [-0.1, -0.05) is 0 Å². The molecule has 0 aliphatic carbocycles. The predicted molar refractivity (Wildman–Crippen MR) is 68.2 cm³/mol. The molecule has 0 spiro atoms. The van der Waals surface area contributed by atoms with Crippen molar-refractivity contribution in [1.29, 1.82) is 0 Å². The van der Waals surface area contributed by atoms with E-state index in [-0.39, 0.29) is 5.69 Å². The van der Waals surface area contributed by atoms with Crippen molar-refractivity contribution in [3.05, 3.63) is 41.7 Å². The molecule has 1 N–H and O–H groups in total. The highest BCUT2D eigenvalue weighted by Crippen LogP contribution is 2.17. The third kappa shape index (κ3) is 2.49. The Bertz CT molecular complexity index is 594. The van der Waals surface area contributed by atoms with Gasteiger partial charge in [0.15, 0.2) is 11.6 Å². The van der Waals surface area contributed by atoms with Gasteiger partial charge in [0.2, 0.25) is 0 Å². The minimum absolute atomic E-state index is 0.137. The molecular weight excluding hydrogens is 266 g/mol. The van der Waals surface area contributed by atoms with Crippen LogP contribution in [0.5, 0.6) is 0 Å².